The Labute approximate surface area is 97.5 Å². The van der Waals surface area contributed by atoms with Crippen LogP contribution >= 0.6 is 0 Å². The Balaban J connectivity index is 1.99. The van der Waals surface area contributed by atoms with Crippen molar-refractivity contribution in [3.8, 4) is 5.69 Å². The van der Waals surface area contributed by atoms with Crippen molar-refractivity contribution in [1.29, 1.82) is 0 Å². The number of imidazole rings is 1. The van der Waals surface area contributed by atoms with Gasteiger partial charge in [-0.2, -0.15) is 0 Å². The molecule has 2 heterocycles. The molecule has 1 radical (unpaired) electrons. The normalized spacial score (nSPS) is 10.6. The molecule has 0 spiro atoms. The average molecular weight is 225 g/mol. The van der Waals surface area contributed by atoms with Crippen LogP contribution in [0.15, 0.2) is 43.0 Å². The highest BCUT2D eigenvalue weighted by Crippen LogP contribution is 2.13. The van der Waals surface area contributed by atoms with E-state index in [1.807, 2.05) is 35.0 Å². The summed E-state index contributed by atoms with van der Waals surface area (Å²) in [5.41, 5.74) is 1.99. The first-order chi connectivity index (χ1) is 8.43. The van der Waals surface area contributed by atoms with E-state index in [0.29, 0.717) is 0 Å². The van der Waals surface area contributed by atoms with E-state index in [9.17, 15) is 0 Å². The number of aromatic nitrogens is 6. The van der Waals surface area contributed by atoms with Crippen LogP contribution in [0.3, 0.4) is 0 Å². The van der Waals surface area contributed by atoms with Gasteiger partial charge in [0.1, 0.15) is 0 Å². The molecule has 1 aromatic carbocycles. The molecular formula is C11H9N6. The fourth-order valence-electron chi connectivity index (χ4n) is 1.66. The average Bonchev–Trinajstić information content (AvgIpc) is 3.01. The number of para-hydroxylation sites is 1. The Morgan fingerprint density at radius 3 is 2.94 bits per heavy atom. The molecule has 3 rings (SSSR count). The van der Waals surface area contributed by atoms with E-state index < -0.39 is 0 Å². The summed E-state index contributed by atoms with van der Waals surface area (Å²) in [6, 6.07) is 7.90. The second kappa shape index (κ2) is 4.17. The van der Waals surface area contributed by atoms with Crippen LogP contribution in [0, 0.1) is 6.33 Å². The lowest BCUT2D eigenvalue weighted by Crippen LogP contribution is -2.06. The molecule has 0 aliphatic carbocycles. The summed E-state index contributed by atoms with van der Waals surface area (Å²) in [4.78, 5) is 5.48. The van der Waals surface area contributed by atoms with Gasteiger partial charge in [-0.3, -0.25) is 0 Å². The van der Waals surface area contributed by atoms with Crippen molar-refractivity contribution in [2.24, 2.45) is 0 Å². The Hall–Kier alpha value is -2.50. The van der Waals surface area contributed by atoms with Gasteiger partial charge in [-0.15, -0.1) is 15.0 Å². The molecule has 0 saturated heterocycles. The van der Waals surface area contributed by atoms with Crippen LogP contribution in [0.5, 0.6) is 0 Å². The predicted molar refractivity (Wildman–Crippen MR) is 59.3 cm³/mol. The lowest BCUT2D eigenvalue weighted by molar-refractivity contribution is 0.698. The smallest absolute Gasteiger partial charge is 0.246 e. The zero-order chi connectivity index (χ0) is 11.5. The predicted octanol–water partition coefficient (Wildman–Crippen LogP) is 0.707. The van der Waals surface area contributed by atoms with Crippen molar-refractivity contribution >= 4 is 0 Å². The molecule has 17 heavy (non-hydrogen) atoms. The first-order valence-corrected chi connectivity index (χ1v) is 5.13. The van der Waals surface area contributed by atoms with Gasteiger partial charge in [0.25, 0.3) is 0 Å². The Kier molecular flexibility index (Phi) is 2.38. The summed E-state index contributed by atoms with van der Waals surface area (Å²) in [7, 11) is 0. The highest BCUT2D eigenvalue weighted by atomic mass is 15.6. The molecular weight excluding hydrogens is 216 g/mol. The maximum atomic E-state index is 4.02. The summed E-state index contributed by atoms with van der Waals surface area (Å²) in [6.45, 7) is 0.720. The molecule has 0 fully saturated rings. The first kappa shape index (κ1) is 9.71. The van der Waals surface area contributed by atoms with Crippen molar-refractivity contribution < 1.29 is 0 Å². The number of rotatable bonds is 3. The maximum absolute atomic E-state index is 4.02. The summed E-state index contributed by atoms with van der Waals surface area (Å²) in [5.74, 6) is 0. The summed E-state index contributed by atoms with van der Waals surface area (Å²) >= 11 is 0. The highest BCUT2D eigenvalue weighted by molar-refractivity contribution is 5.39. The SMILES string of the molecule is [c]1nnn(-c2ccccc2Cn2ccnc2)n1. The topological polar surface area (TPSA) is 61.4 Å². The van der Waals surface area contributed by atoms with Gasteiger partial charge < -0.3 is 4.57 Å². The van der Waals surface area contributed by atoms with Gasteiger partial charge >= 0.3 is 0 Å². The number of tetrazole rings is 1. The van der Waals surface area contributed by atoms with Crippen LogP contribution in [-0.2, 0) is 6.54 Å². The highest BCUT2D eigenvalue weighted by Gasteiger charge is 2.06. The lowest BCUT2D eigenvalue weighted by atomic mass is 10.2. The van der Waals surface area contributed by atoms with E-state index >= 15 is 0 Å². The number of hydrogen-bond donors (Lipinski definition) is 0. The number of benzene rings is 1. The van der Waals surface area contributed by atoms with Crippen LogP contribution in [0.1, 0.15) is 5.56 Å². The monoisotopic (exact) mass is 225 g/mol. The van der Waals surface area contributed by atoms with Crippen molar-refractivity contribution in [3.63, 3.8) is 0 Å². The van der Waals surface area contributed by atoms with E-state index in [1.54, 1.807) is 12.5 Å². The Morgan fingerprint density at radius 2 is 2.18 bits per heavy atom. The lowest BCUT2D eigenvalue weighted by Gasteiger charge is -2.07. The molecule has 0 aliphatic rings. The molecule has 0 amide bonds. The van der Waals surface area contributed by atoms with Crippen molar-refractivity contribution in [1.82, 2.24) is 29.8 Å². The van der Waals surface area contributed by atoms with E-state index in [-0.39, 0.29) is 0 Å². The summed E-state index contributed by atoms with van der Waals surface area (Å²) in [6.07, 6.45) is 7.89. The zero-order valence-electron chi connectivity index (χ0n) is 8.93. The van der Waals surface area contributed by atoms with E-state index in [4.69, 9.17) is 0 Å². The molecule has 3 aromatic rings. The molecule has 6 heteroatoms. The molecule has 0 unspecified atom stereocenters. The third-order valence-electron chi connectivity index (χ3n) is 2.43. The van der Waals surface area contributed by atoms with Gasteiger partial charge in [0.15, 0.2) is 0 Å². The molecule has 83 valence electrons. The van der Waals surface area contributed by atoms with Crippen LogP contribution < -0.4 is 0 Å². The zero-order valence-corrected chi connectivity index (χ0v) is 8.93. The van der Waals surface area contributed by atoms with E-state index in [0.717, 1.165) is 17.8 Å². The fraction of sp³-hybridized carbons (Fsp3) is 0.0909. The molecule has 2 aromatic heterocycles. The Bertz CT molecular complexity index is 584. The van der Waals surface area contributed by atoms with Gasteiger partial charge in [-0.1, -0.05) is 18.2 Å². The number of nitrogens with zero attached hydrogens (tertiary/aromatic N) is 6. The van der Waals surface area contributed by atoms with E-state index in [2.05, 4.69) is 26.7 Å². The first-order valence-electron chi connectivity index (χ1n) is 5.13. The number of hydrogen-bond acceptors (Lipinski definition) is 4. The minimum Gasteiger partial charge on any atom is -0.333 e. The van der Waals surface area contributed by atoms with Crippen molar-refractivity contribution in [2.45, 2.75) is 6.54 Å². The van der Waals surface area contributed by atoms with Crippen LogP contribution in [-0.4, -0.2) is 29.8 Å². The van der Waals surface area contributed by atoms with Crippen molar-refractivity contribution in [3.05, 3.63) is 54.9 Å². The molecule has 6 nitrogen and oxygen atoms in total. The van der Waals surface area contributed by atoms with Gasteiger partial charge in [-0.05, 0) is 16.8 Å². The van der Waals surface area contributed by atoms with Crippen LogP contribution in [0.4, 0.5) is 0 Å². The van der Waals surface area contributed by atoms with Gasteiger partial charge in [0.2, 0.25) is 6.33 Å². The minimum atomic E-state index is 0.720. The van der Waals surface area contributed by atoms with Gasteiger partial charge in [0, 0.05) is 12.4 Å². The van der Waals surface area contributed by atoms with Crippen molar-refractivity contribution in [2.75, 3.05) is 0 Å². The Morgan fingerprint density at radius 1 is 1.24 bits per heavy atom. The second-order valence-corrected chi connectivity index (χ2v) is 3.54. The van der Waals surface area contributed by atoms with Gasteiger partial charge in [0.05, 0.1) is 18.6 Å². The van der Waals surface area contributed by atoms with Gasteiger partial charge in [-0.25, -0.2) is 4.98 Å². The largest absolute Gasteiger partial charge is 0.333 e. The third-order valence-corrected chi connectivity index (χ3v) is 2.43. The molecule has 0 aliphatic heterocycles. The van der Waals surface area contributed by atoms with Crippen LogP contribution in [0.2, 0.25) is 0 Å². The molecule has 0 atom stereocenters. The molecule has 0 saturated carbocycles. The maximum Gasteiger partial charge on any atom is 0.246 e. The summed E-state index contributed by atoms with van der Waals surface area (Å²) < 4.78 is 1.99. The minimum absolute atomic E-state index is 0.720. The molecule has 0 bridgehead atoms. The standard InChI is InChI=1S/C11H9N6/c1-2-4-11(17-14-8-13-15-17)10(3-1)7-16-6-5-12-9-16/h1-6,9H,7H2. The second-order valence-electron chi connectivity index (χ2n) is 3.54. The third kappa shape index (κ3) is 1.92. The molecule has 0 N–H and O–H groups in total. The fourth-order valence-corrected chi connectivity index (χ4v) is 1.66. The summed E-state index contributed by atoms with van der Waals surface area (Å²) in [5, 5.41) is 11.4. The van der Waals surface area contributed by atoms with Crippen LogP contribution in [0.25, 0.3) is 5.69 Å². The quantitative estimate of drug-likeness (QED) is 0.658. The van der Waals surface area contributed by atoms with E-state index in [1.165, 1.54) is 4.80 Å².